The van der Waals surface area contributed by atoms with Crippen LogP contribution < -0.4 is 10.6 Å². The largest absolute Gasteiger partial charge is 0.348 e. The van der Waals surface area contributed by atoms with Crippen molar-refractivity contribution in [3.63, 3.8) is 0 Å². The van der Waals surface area contributed by atoms with Crippen molar-refractivity contribution in [1.29, 1.82) is 0 Å². The zero-order chi connectivity index (χ0) is 19.9. The van der Waals surface area contributed by atoms with Crippen molar-refractivity contribution in [3.05, 3.63) is 11.1 Å². The molecule has 1 aliphatic heterocycles. The molecule has 0 amide bonds. The van der Waals surface area contributed by atoms with Gasteiger partial charge in [-0.3, -0.25) is 0 Å². The summed E-state index contributed by atoms with van der Waals surface area (Å²) in [4.78, 5) is 7.70. The van der Waals surface area contributed by atoms with Crippen molar-refractivity contribution in [3.8, 4) is 0 Å². The van der Waals surface area contributed by atoms with Gasteiger partial charge < -0.3 is 10.6 Å². The lowest BCUT2D eigenvalue weighted by Crippen LogP contribution is -2.46. The highest BCUT2D eigenvalue weighted by Crippen LogP contribution is 2.59. The maximum atomic E-state index is 5.75. The van der Waals surface area contributed by atoms with Crippen LogP contribution in [0.3, 0.4) is 0 Å². The summed E-state index contributed by atoms with van der Waals surface area (Å²) in [5, 5.41) is 3.65. The fourth-order valence-electron chi connectivity index (χ4n) is 6.51. The van der Waals surface area contributed by atoms with Gasteiger partial charge in [-0.05, 0) is 86.5 Å². The Kier molecular flexibility index (Phi) is 5.83. The van der Waals surface area contributed by atoms with E-state index in [1.54, 1.807) is 0 Å². The zero-order valence-electron chi connectivity index (χ0n) is 18.5. The summed E-state index contributed by atoms with van der Waals surface area (Å²) >= 11 is 1.88. The molecule has 158 valence electrons. The first kappa shape index (κ1) is 20.7. The first-order valence-electron chi connectivity index (χ1n) is 11.7. The summed E-state index contributed by atoms with van der Waals surface area (Å²) in [5.74, 6) is 3.25. The fourth-order valence-corrected chi connectivity index (χ4v) is 7.47. The molecule has 1 aromatic heterocycles. The first-order chi connectivity index (χ1) is 13.3. The van der Waals surface area contributed by atoms with Gasteiger partial charge in [0.05, 0.1) is 5.69 Å². The lowest BCUT2D eigenvalue weighted by Gasteiger charge is -2.55. The summed E-state index contributed by atoms with van der Waals surface area (Å²) in [6.45, 7) is 13.3. The number of thiazole rings is 1. The molecule has 4 rings (SSSR count). The molecule has 0 aromatic carbocycles. The molecule has 28 heavy (non-hydrogen) atoms. The molecule has 4 heteroatoms. The van der Waals surface area contributed by atoms with Crippen LogP contribution in [0.5, 0.6) is 0 Å². The van der Waals surface area contributed by atoms with Crippen LogP contribution in [-0.2, 0) is 0 Å². The number of rotatable bonds is 4. The zero-order valence-corrected chi connectivity index (χ0v) is 19.4. The van der Waals surface area contributed by atoms with Crippen molar-refractivity contribution in [2.45, 2.75) is 85.0 Å². The van der Waals surface area contributed by atoms with Gasteiger partial charge >= 0.3 is 0 Å². The van der Waals surface area contributed by atoms with Gasteiger partial charge in [-0.15, -0.1) is 11.3 Å². The van der Waals surface area contributed by atoms with Crippen LogP contribution in [-0.4, -0.2) is 24.6 Å². The molecule has 3 unspecified atom stereocenters. The average Bonchev–Trinajstić information content (AvgIpc) is 3.16. The Morgan fingerprint density at radius 2 is 1.71 bits per heavy atom. The molecule has 3 fully saturated rings. The summed E-state index contributed by atoms with van der Waals surface area (Å²) in [6, 6.07) is 0. The monoisotopic (exact) mass is 403 g/mol. The molecule has 2 N–H and O–H groups in total. The predicted octanol–water partition coefficient (Wildman–Crippen LogP) is 6.05. The lowest BCUT2D eigenvalue weighted by molar-refractivity contribution is -0.0501. The fraction of sp³-hybridized carbons (Fsp3) is 0.875. The van der Waals surface area contributed by atoms with Gasteiger partial charge in [0.15, 0.2) is 5.13 Å². The highest BCUT2D eigenvalue weighted by molar-refractivity contribution is 7.13. The molecule has 1 aromatic rings. The highest BCUT2D eigenvalue weighted by atomic mass is 32.1. The van der Waals surface area contributed by atoms with Gasteiger partial charge in [-0.2, -0.15) is 0 Å². The minimum absolute atomic E-state index is 0.489. The van der Waals surface area contributed by atoms with Gasteiger partial charge in [-0.25, -0.2) is 4.98 Å². The second kappa shape index (κ2) is 7.91. The molecule has 1 saturated heterocycles. The minimum atomic E-state index is 0.489. The quantitative estimate of drug-likeness (QED) is 0.665. The van der Waals surface area contributed by atoms with E-state index in [4.69, 9.17) is 10.7 Å². The third-order valence-electron chi connectivity index (χ3n) is 8.66. The van der Waals surface area contributed by atoms with Crippen LogP contribution in [0.15, 0.2) is 5.38 Å². The number of piperidine rings is 1. The Morgan fingerprint density at radius 1 is 1.04 bits per heavy atom. The summed E-state index contributed by atoms with van der Waals surface area (Å²) in [7, 11) is 0. The van der Waals surface area contributed by atoms with Gasteiger partial charge in [-0.1, -0.05) is 27.7 Å². The van der Waals surface area contributed by atoms with E-state index in [1.807, 2.05) is 11.3 Å². The molecule has 0 radical (unpaired) electrons. The van der Waals surface area contributed by atoms with Gasteiger partial charge in [0.1, 0.15) is 0 Å². The van der Waals surface area contributed by atoms with Crippen LogP contribution in [0.25, 0.3) is 0 Å². The maximum absolute atomic E-state index is 5.75. The number of fused-ring (bicyclic) bond motifs is 1. The maximum Gasteiger partial charge on any atom is 0.185 e. The van der Waals surface area contributed by atoms with Crippen molar-refractivity contribution < 1.29 is 0 Å². The third-order valence-corrected chi connectivity index (χ3v) is 9.58. The normalized spacial score (nSPS) is 32.9. The van der Waals surface area contributed by atoms with E-state index in [0.29, 0.717) is 16.7 Å². The summed E-state index contributed by atoms with van der Waals surface area (Å²) in [5.41, 5.74) is 8.15. The van der Waals surface area contributed by atoms with Crippen molar-refractivity contribution in [1.82, 2.24) is 4.98 Å². The van der Waals surface area contributed by atoms with E-state index in [9.17, 15) is 0 Å². The van der Waals surface area contributed by atoms with E-state index < -0.39 is 0 Å². The number of nitrogens with two attached hydrogens (primary N) is 1. The first-order valence-corrected chi connectivity index (χ1v) is 12.6. The molecular weight excluding hydrogens is 362 g/mol. The van der Waals surface area contributed by atoms with Crippen LogP contribution >= 0.6 is 11.3 Å². The Bertz CT molecular complexity index is 657. The number of hydrogen-bond acceptors (Lipinski definition) is 4. The number of anilines is 1. The van der Waals surface area contributed by atoms with Gasteiger partial charge in [0.2, 0.25) is 0 Å². The molecule has 2 saturated carbocycles. The van der Waals surface area contributed by atoms with Crippen molar-refractivity contribution in [2.24, 2.45) is 34.3 Å². The van der Waals surface area contributed by atoms with E-state index in [1.165, 1.54) is 62.2 Å². The number of hydrogen-bond donors (Lipinski definition) is 1. The smallest absolute Gasteiger partial charge is 0.185 e. The van der Waals surface area contributed by atoms with Crippen molar-refractivity contribution in [2.75, 3.05) is 24.5 Å². The summed E-state index contributed by atoms with van der Waals surface area (Å²) < 4.78 is 0. The molecule has 3 atom stereocenters. The topological polar surface area (TPSA) is 42.1 Å². The second-order valence-corrected chi connectivity index (χ2v) is 12.1. The van der Waals surface area contributed by atoms with Crippen LogP contribution in [0.4, 0.5) is 5.13 Å². The Hall–Kier alpha value is -0.610. The predicted molar refractivity (Wildman–Crippen MR) is 121 cm³/mol. The van der Waals surface area contributed by atoms with E-state index in [2.05, 4.69) is 38.0 Å². The van der Waals surface area contributed by atoms with Crippen LogP contribution in [0.2, 0.25) is 0 Å². The van der Waals surface area contributed by atoms with E-state index in [-0.39, 0.29) is 0 Å². The molecule has 0 spiro atoms. The van der Waals surface area contributed by atoms with E-state index >= 15 is 0 Å². The Morgan fingerprint density at radius 3 is 2.39 bits per heavy atom. The molecule has 2 aliphatic carbocycles. The molecule has 0 bridgehead atoms. The molecular formula is C24H41N3S. The SMILES string of the molecule is CC1(C)CCC(C)(C)C2CC(c3csc(N4CCC(CCN)CC4)n3)CCC21. The Labute approximate surface area is 176 Å². The van der Waals surface area contributed by atoms with Crippen LogP contribution in [0.1, 0.15) is 90.7 Å². The highest BCUT2D eigenvalue weighted by Gasteiger charge is 2.50. The number of nitrogens with zero attached hydrogens (tertiary/aromatic N) is 2. The van der Waals surface area contributed by atoms with Gasteiger partial charge in [0, 0.05) is 24.4 Å². The van der Waals surface area contributed by atoms with Crippen molar-refractivity contribution >= 4 is 16.5 Å². The molecule has 2 heterocycles. The summed E-state index contributed by atoms with van der Waals surface area (Å²) in [6.07, 6.45) is 10.6. The Balaban J connectivity index is 1.42. The third kappa shape index (κ3) is 4.01. The number of aromatic nitrogens is 1. The van der Waals surface area contributed by atoms with E-state index in [0.717, 1.165) is 37.4 Å². The van der Waals surface area contributed by atoms with Gasteiger partial charge in [0.25, 0.3) is 0 Å². The molecule has 3 aliphatic rings. The minimum Gasteiger partial charge on any atom is -0.348 e. The molecule has 3 nitrogen and oxygen atoms in total. The average molecular weight is 404 g/mol. The van der Waals surface area contributed by atoms with Crippen LogP contribution in [0, 0.1) is 28.6 Å². The lowest BCUT2D eigenvalue weighted by atomic mass is 9.49. The second-order valence-electron chi connectivity index (χ2n) is 11.3. The standard InChI is InChI=1S/C24H41N3S/c1-23(2)10-11-24(3,4)20-15-18(5-6-19(20)23)21-16-28-22(26-21)27-13-8-17(7-12-25)9-14-27/h16-20H,5-15,25H2,1-4H3.